The summed E-state index contributed by atoms with van der Waals surface area (Å²) in [6.45, 7) is 7.01. The van der Waals surface area contributed by atoms with Crippen LogP contribution in [0, 0.1) is 0 Å². The van der Waals surface area contributed by atoms with Gasteiger partial charge in [-0.25, -0.2) is 0 Å². The van der Waals surface area contributed by atoms with Gasteiger partial charge in [0.1, 0.15) is 0 Å². The molecule has 27 heavy (non-hydrogen) atoms. The van der Waals surface area contributed by atoms with E-state index >= 15 is 0 Å². The molecular formula is C19H28ClN5O2. The quantitative estimate of drug-likeness (QED) is 0.811. The largest absolute Gasteiger partial charge is 0.339 e. The average Bonchev–Trinajstić information content (AvgIpc) is 3.18. The van der Waals surface area contributed by atoms with Crippen LogP contribution in [0.3, 0.4) is 0 Å². The summed E-state index contributed by atoms with van der Waals surface area (Å²) in [6.07, 6.45) is 1.66. The lowest BCUT2D eigenvalue weighted by atomic mass is 10.1. The summed E-state index contributed by atoms with van der Waals surface area (Å²) in [5, 5.41) is 4.10. The molecule has 8 heteroatoms. The van der Waals surface area contributed by atoms with Crippen molar-refractivity contribution in [3.63, 3.8) is 0 Å². The van der Waals surface area contributed by atoms with Crippen molar-refractivity contribution in [1.29, 1.82) is 0 Å². The van der Waals surface area contributed by atoms with Gasteiger partial charge < -0.3 is 15.2 Å². The van der Waals surface area contributed by atoms with Crippen LogP contribution < -0.4 is 5.73 Å². The number of nitrogens with zero attached hydrogens (tertiary/aromatic N) is 4. The third-order valence-electron chi connectivity index (χ3n) is 4.92. The SMILES string of the molecule is CCCC(N)C(=O)N1CCN(C(C)c2nc(-c3ccccc3)no2)CC1.Cl. The first-order valence-electron chi connectivity index (χ1n) is 9.27. The number of hydrogen-bond donors (Lipinski definition) is 1. The Morgan fingerprint density at radius 3 is 2.52 bits per heavy atom. The Labute approximate surface area is 166 Å². The van der Waals surface area contributed by atoms with Crippen molar-refractivity contribution in [3.8, 4) is 11.4 Å². The molecule has 2 atom stereocenters. The van der Waals surface area contributed by atoms with Gasteiger partial charge in [0, 0.05) is 31.7 Å². The smallest absolute Gasteiger partial charge is 0.244 e. The van der Waals surface area contributed by atoms with E-state index in [0.717, 1.165) is 31.5 Å². The van der Waals surface area contributed by atoms with Gasteiger partial charge in [-0.05, 0) is 13.3 Å². The van der Waals surface area contributed by atoms with Crippen molar-refractivity contribution < 1.29 is 9.32 Å². The summed E-state index contributed by atoms with van der Waals surface area (Å²) in [6, 6.07) is 9.42. The monoisotopic (exact) mass is 393 g/mol. The molecule has 1 aliphatic rings. The number of nitrogens with two attached hydrogens (primary N) is 1. The van der Waals surface area contributed by atoms with Gasteiger partial charge in [0.15, 0.2) is 0 Å². The highest BCUT2D eigenvalue weighted by atomic mass is 35.5. The highest BCUT2D eigenvalue weighted by Crippen LogP contribution is 2.23. The molecule has 7 nitrogen and oxygen atoms in total. The van der Waals surface area contributed by atoms with Crippen LogP contribution in [0.4, 0.5) is 0 Å². The molecule has 1 saturated heterocycles. The zero-order chi connectivity index (χ0) is 18.5. The van der Waals surface area contributed by atoms with E-state index in [1.807, 2.05) is 42.2 Å². The van der Waals surface area contributed by atoms with Crippen LogP contribution in [-0.4, -0.2) is 58.1 Å². The predicted molar refractivity (Wildman–Crippen MR) is 106 cm³/mol. The zero-order valence-electron chi connectivity index (χ0n) is 15.9. The first-order chi connectivity index (χ1) is 12.6. The van der Waals surface area contributed by atoms with Crippen molar-refractivity contribution >= 4 is 18.3 Å². The molecule has 2 N–H and O–H groups in total. The molecule has 3 rings (SSSR count). The summed E-state index contributed by atoms with van der Waals surface area (Å²) in [7, 11) is 0. The number of rotatable bonds is 6. The third kappa shape index (κ3) is 5.06. The lowest BCUT2D eigenvalue weighted by Crippen LogP contribution is -2.53. The minimum Gasteiger partial charge on any atom is -0.339 e. The van der Waals surface area contributed by atoms with Crippen molar-refractivity contribution in [2.75, 3.05) is 26.2 Å². The average molecular weight is 394 g/mol. The number of carbonyl (C=O) groups is 1. The van der Waals surface area contributed by atoms with Gasteiger partial charge in [0.25, 0.3) is 0 Å². The van der Waals surface area contributed by atoms with Crippen molar-refractivity contribution in [1.82, 2.24) is 19.9 Å². The topological polar surface area (TPSA) is 88.5 Å². The molecule has 1 fully saturated rings. The van der Waals surface area contributed by atoms with Crippen LogP contribution in [0.1, 0.15) is 38.6 Å². The summed E-state index contributed by atoms with van der Waals surface area (Å²) in [4.78, 5) is 21.0. The first kappa shape index (κ1) is 21.3. The number of piperazine rings is 1. The van der Waals surface area contributed by atoms with Gasteiger partial charge in [0.2, 0.25) is 17.6 Å². The van der Waals surface area contributed by atoms with E-state index in [9.17, 15) is 4.79 Å². The molecule has 2 unspecified atom stereocenters. The predicted octanol–water partition coefficient (Wildman–Crippen LogP) is 2.49. The van der Waals surface area contributed by atoms with Crippen LogP contribution in [0.15, 0.2) is 34.9 Å². The molecule has 2 aromatic rings. The molecule has 1 aromatic heterocycles. The van der Waals surface area contributed by atoms with Gasteiger partial charge in [-0.15, -0.1) is 12.4 Å². The van der Waals surface area contributed by atoms with E-state index < -0.39 is 0 Å². The van der Waals surface area contributed by atoms with E-state index in [2.05, 4.69) is 22.0 Å². The Bertz CT molecular complexity index is 716. The molecule has 2 heterocycles. The second-order valence-corrected chi connectivity index (χ2v) is 6.75. The van der Waals surface area contributed by atoms with Gasteiger partial charge in [0.05, 0.1) is 12.1 Å². The fourth-order valence-electron chi connectivity index (χ4n) is 3.26. The molecule has 0 bridgehead atoms. The van der Waals surface area contributed by atoms with E-state index in [-0.39, 0.29) is 30.4 Å². The number of hydrogen-bond acceptors (Lipinski definition) is 6. The molecule has 1 aliphatic heterocycles. The van der Waals surface area contributed by atoms with E-state index in [4.69, 9.17) is 10.3 Å². The number of carbonyl (C=O) groups excluding carboxylic acids is 1. The minimum atomic E-state index is -0.381. The maximum Gasteiger partial charge on any atom is 0.244 e. The van der Waals surface area contributed by atoms with Crippen LogP contribution in [0.25, 0.3) is 11.4 Å². The molecule has 0 aliphatic carbocycles. The summed E-state index contributed by atoms with van der Waals surface area (Å²) >= 11 is 0. The van der Waals surface area contributed by atoms with Gasteiger partial charge >= 0.3 is 0 Å². The van der Waals surface area contributed by atoms with Gasteiger partial charge in [-0.3, -0.25) is 9.69 Å². The second kappa shape index (κ2) is 9.82. The Kier molecular flexibility index (Phi) is 7.77. The standard InChI is InChI=1S/C19H27N5O2.ClH/c1-3-7-16(20)19(25)24-12-10-23(11-13-24)14(2)18-21-17(22-26-18)15-8-5-4-6-9-15;/h4-6,8-9,14,16H,3,7,10-13,20H2,1-2H3;1H. The molecule has 0 radical (unpaired) electrons. The normalized spacial score (nSPS) is 17.2. The van der Waals surface area contributed by atoms with Crippen LogP contribution in [0.2, 0.25) is 0 Å². The van der Waals surface area contributed by atoms with Crippen LogP contribution in [-0.2, 0) is 4.79 Å². The number of aromatic nitrogens is 2. The highest BCUT2D eigenvalue weighted by Gasteiger charge is 2.29. The summed E-state index contributed by atoms with van der Waals surface area (Å²) in [5.41, 5.74) is 6.90. The fourth-order valence-corrected chi connectivity index (χ4v) is 3.26. The highest BCUT2D eigenvalue weighted by molar-refractivity contribution is 5.85. The molecule has 0 saturated carbocycles. The number of amides is 1. The number of halogens is 1. The van der Waals surface area contributed by atoms with E-state index in [0.29, 0.717) is 24.8 Å². The maximum absolute atomic E-state index is 12.3. The lowest BCUT2D eigenvalue weighted by molar-refractivity contribution is -0.134. The maximum atomic E-state index is 12.3. The Morgan fingerprint density at radius 2 is 1.89 bits per heavy atom. The molecular weight excluding hydrogens is 366 g/mol. The zero-order valence-corrected chi connectivity index (χ0v) is 16.7. The van der Waals surface area contributed by atoms with Gasteiger partial charge in [-0.1, -0.05) is 48.8 Å². The van der Waals surface area contributed by atoms with E-state index in [1.54, 1.807) is 0 Å². The molecule has 148 valence electrons. The fraction of sp³-hybridized carbons (Fsp3) is 0.526. The summed E-state index contributed by atoms with van der Waals surface area (Å²) < 4.78 is 5.48. The summed E-state index contributed by atoms with van der Waals surface area (Å²) in [5.74, 6) is 1.27. The van der Waals surface area contributed by atoms with Crippen LogP contribution >= 0.6 is 12.4 Å². The molecule has 1 amide bonds. The minimum absolute atomic E-state index is 0. The number of benzene rings is 1. The van der Waals surface area contributed by atoms with Crippen LogP contribution in [0.5, 0.6) is 0 Å². The Morgan fingerprint density at radius 1 is 1.22 bits per heavy atom. The lowest BCUT2D eigenvalue weighted by Gasteiger charge is -2.37. The second-order valence-electron chi connectivity index (χ2n) is 6.75. The van der Waals surface area contributed by atoms with Crippen molar-refractivity contribution in [2.24, 2.45) is 5.73 Å². The van der Waals surface area contributed by atoms with Crippen molar-refractivity contribution in [3.05, 3.63) is 36.2 Å². The van der Waals surface area contributed by atoms with Crippen molar-refractivity contribution in [2.45, 2.75) is 38.8 Å². The molecule has 1 aromatic carbocycles. The van der Waals surface area contributed by atoms with Gasteiger partial charge in [-0.2, -0.15) is 4.98 Å². The Balaban J connectivity index is 0.00000261. The third-order valence-corrected chi connectivity index (χ3v) is 4.92. The molecule has 0 spiro atoms. The first-order valence-corrected chi connectivity index (χ1v) is 9.27. The van der Waals surface area contributed by atoms with E-state index in [1.165, 1.54) is 0 Å². The Hall–Kier alpha value is -1.96.